The molecule has 0 aliphatic heterocycles. The van der Waals surface area contributed by atoms with Crippen LogP contribution in [0.1, 0.15) is 49.9 Å². The first-order valence-electron chi connectivity index (χ1n) is 23.6. The number of hydrogen-bond acceptors (Lipinski definition) is 1. The average Bonchev–Trinajstić information content (AvgIpc) is 3.75. The van der Waals surface area contributed by atoms with Gasteiger partial charge in [-0.3, -0.25) is 0 Å². The van der Waals surface area contributed by atoms with Gasteiger partial charge in [0.15, 0.2) is 0 Å². The van der Waals surface area contributed by atoms with Crippen LogP contribution in [-0.2, 0) is 10.8 Å². The van der Waals surface area contributed by atoms with Crippen molar-refractivity contribution in [2.24, 2.45) is 0 Å². The molecule has 2 aliphatic carbocycles. The highest BCUT2D eigenvalue weighted by Gasteiger charge is 2.37. The average molecular weight is 858 g/mol. The summed E-state index contributed by atoms with van der Waals surface area (Å²) in [6, 6.07) is 87.4. The van der Waals surface area contributed by atoms with E-state index in [1.807, 2.05) is 0 Å². The Kier molecular flexibility index (Phi) is 9.59. The zero-order chi connectivity index (χ0) is 45.3. The molecular formula is C66H51N. The zero-order valence-corrected chi connectivity index (χ0v) is 38.5. The smallest absolute Gasteiger partial charge is 0.0540 e. The number of nitrogens with zero attached hydrogens (tertiary/aromatic N) is 1. The summed E-state index contributed by atoms with van der Waals surface area (Å²) in [7, 11) is 0. The summed E-state index contributed by atoms with van der Waals surface area (Å²) in [5.41, 5.74) is 26.1. The highest BCUT2D eigenvalue weighted by molar-refractivity contribution is 5.92. The Balaban J connectivity index is 0.886. The van der Waals surface area contributed by atoms with Crippen LogP contribution >= 0.6 is 0 Å². The summed E-state index contributed by atoms with van der Waals surface area (Å²) in [4.78, 5) is 2.45. The molecule has 0 aromatic heterocycles. The largest absolute Gasteiger partial charge is 0.310 e. The van der Waals surface area contributed by atoms with E-state index in [1.165, 1.54) is 100 Å². The summed E-state index contributed by atoms with van der Waals surface area (Å²) < 4.78 is 0. The predicted molar refractivity (Wildman–Crippen MR) is 283 cm³/mol. The molecular weight excluding hydrogens is 807 g/mol. The van der Waals surface area contributed by atoms with Crippen LogP contribution in [0.2, 0.25) is 0 Å². The van der Waals surface area contributed by atoms with Crippen LogP contribution in [0, 0.1) is 0 Å². The standard InChI is InChI=1S/C66H51N/c1-65(2)60-21-13-11-20-56(60)57-38-33-52(41-61(57)65)49-31-35-53(36-32-49)67(64-22-14-12-19-55(64)50-17-9-6-10-18-50)54-37-40-59-58-39-34-51(42-62(58)66(3,4)63(59)43-54)48-29-27-47(28-30-48)46-25-23-45(24-26-46)44-15-7-5-8-16-44/h5-43H,1-4H3. The predicted octanol–water partition coefficient (Wildman–Crippen LogP) is 18.1. The molecule has 0 fully saturated rings. The molecule has 0 saturated carbocycles. The zero-order valence-electron chi connectivity index (χ0n) is 38.5. The first kappa shape index (κ1) is 40.5. The van der Waals surface area contributed by atoms with E-state index < -0.39 is 0 Å². The maximum absolute atomic E-state index is 2.45. The third-order valence-corrected chi connectivity index (χ3v) is 14.7. The molecule has 0 unspecified atom stereocenters. The van der Waals surface area contributed by atoms with Crippen molar-refractivity contribution < 1.29 is 0 Å². The highest BCUT2D eigenvalue weighted by Crippen LogP contribution is 2.53. The van der Waals surface area contributed by atoms with Crippen LogP contribution in [-0.4, -0.2) is 0 Å². The monoisotopic (exact) mass is 857 g/mol. The lowest BCUT2D eigenvalue weighted by molar-refractivity contribution is 0.660. The second-order valence-electron chi connectivity index (χ2n) is 19.3. The van der Waals surface area contributed by atoms with E-state index in [1.54, 1.807) is 0 Å². The summed E-state index contributed by atoms with van der Waals surface area (Å²) in [5.74, 6) is 0. The molecule has 2 aliphatic rings. The van der Waals surface area contributed by atoms with Gasteiger partial charge in [-0.1, -0.05) is 222 Å². The molecule has 0 amide bonds. The topological polar surface area (TPSA) is 3.24 Å². The lowest BCUT2D eigenvalue weighted by atomic mass is 9.81. The summed E-state index contributed by atoms with van der Waals surface area (Å²) in [6.07, 6.45) is 0. The van der Waals surface area contributed by atoms with Gasteiger partial charge in [0.1, 0.15) is 0 Å². The number of rotatable bonds is 8. The van der Waals surface area contributed by atoms with E-state index in [2.05, 4.69) is 269 Å². The fourth-order valence-electron chi connectivity index (χ4n) is 11.0. The van der Waals surface area contributed by atoms with Crippen LogP contribution in [0.25, 0.3) is 77.9 Å². The van der Waals surface area contributed by atoms with Gasteiger partial charge in [0, 0.05) is 27.8 Å². The highest BCUT2D eigenvalue weighted by atomic mass is 15.1. The van der Waals surface area contributed by atoms with E-state index in [0.717, 1.165) is 17.1 Å². The lowest BCUT2D eigenvalue weighted by Gasteiger charge is -2.30. The number of fused-ring (bicyclic) bond motifs is 6. The minimum absolute atomic E-state index is 0.0504. The van der Waals surface area contributed by atoms with Gasteiger partial charge in [-0.25, -0.2) is 0 Å². The molecule has 12 rings (SSSR count). The number of para-hydroxylation sites is 1. The maximum Gasteiger partial charge on any atom is 0.0540 e. The molecule has 67 heavy (non-hydrogen) atoms. The van der Waals surface area contributed by atoms with Gasteiger partial charge in [-0.05, 0) is 137 Å². The molecule has 1 nitrogen and oxygen atoms in total. The van der Waals surface area contributed by atoms with Crippen molar-refractivity contribution in [1.29, 1.82) is 0 Å². The van der Waals surface area contributed by atoms with E-state index in [4.69, 9.17) is 0 Å². The first-order valence-corrected chi connectivity index (χ1v) is 23.6. The normalized spacial score (nSPS) is 13.6. The SMILES string of the molecule is CC1(C)c2ccccc2-c2ccc(-c3ccc(N(c4ccc5c(c4)C(C)(C)c4cc(-c6ccc(-c7ccc(-c8ccccc8)cc7)cc6)ccc4-5)c4ccccc4-c4ccccc4)cc3)cc21. The second-order valence-corrected chi connectivity index (χ2v) is 19.3. The van der Waals surface area contributed by atoms with Gasteiger partial charge in [-0.2, -0.15) is 0 Å². The van der Waals surface area contributed by atoms with Gasteiger partial charge < -0.3 is 4.90 Å². The molecule has 0 saturated heterocycles. The Morgan fingerprint density at radius 2 is 0.582 bits per heavy atom. The second kappa shape index (κ2) is 15.9. The molecule has 0 heterocycles. The maximum atomic E-state index is 2.45. The van der Waals surface area contributed by atoms with Crippen LogP contribution in [0.3, 0.4) is 0 Å². The Hall–Kier alpha value is -8.00. The molecule has 320 valence electrons. The van der Waals surface area contributed by atoms with Crippen LogP contribution < -0.4 is 4.90 Å². The third-order valence-electron chi connectivity index (χ3n) is 14.7. The number of anilines is 3. The van der Waals surface area contributed by atoms with Gasteiger partial charge in [0.05, 0.1) is 5.69 Å². The molecule has 0 atom stereocenters. The van der Waals surface area contributed by atoms with Gasteiger partial charge in [0.2, 0.25) is 0 Å². The molecule has 0 radical (unpaired) electrons. The Morgan fingerprint density at radius 1 is 0.239 bits per heavy atom. The quantitative estimate of drug-likeness (QED) is 0.147. The van der Waals surface area contributed by atoms with Crippen LogP contribution in [0.15, 0.2) is 237 Å². The van der Waals surface area contributed by atoms with Crippen LogP contribution in [0.4, 0.5) is 17.1 Å². The van der Waals surface area contributed by atoms with E-state index in [0.29, 0.717) is 0 Å². The number of benzene rings is 10. The minimum Gasteiger partial charge on any atom is -0.310 e. The van der Waals surface area contributed by atoms with Crippen molar-refractivity contribution in [3.05, 3.63) is 259 Å². The number of hydrogen-bond donors (Lipinski definition) is 0. The van der Waals surface area contributed by atoms with Gasteiger partial charge in [-0.15, -0.1) is 0 Å². The molecule has 0 N–H and O–H groups in total. The Bertz CT molecular complexity index is 3470. The molecule has 10 aromatic carbocycles. The first-order chi connectivity index (χ1) is 32.7. The third kappa shape index (κ3) is 6.85. The van der Waals surface area contributed by atoms with Crippen molar-refractivity contribution in [1.82, 2.24) is 0 Å². The molecule has 0 bridgehead atoms. The fourth-order valence-corrected chi connectivity index (χ4v) is 11.0. The summed E-state index contributed by atoms with van der Waals surface area (Å²) in [5, 5.41) is 0. The van der Waals surface area contributed by atoms with Crippen molar-refractivity contribution >= 4 is 17.1 Å². The fraction of sp³-hybridized carbons (Fsp3) is 0.0909. The Labute approximate surface area is 395 Å². The van der Waals surface area contributed by atoms with Gasteiger partial charge >= 0.3 is 0 Å². The summed E-state index contributed by atoms with van der Waals surface area (Å²) >= 11 is 0. The van der Waals surface area contributed by atoms with Crippen molar-refractivity contribution in [3.8, 4) is 77.9 Å². The molecule has 10 aromatic rings. The van der Waals surface area contributed by atoms with Crippen molar-refractivity contribution in [2.45, 2.75) is 38.5 Å². The van der Waals surface area contributed by atoms with E-state index in [-0.39, 0.29) is 10.8 Å². The van der Waals surface area contributed by atoms with Crippen LogP contribution in [0.5, 0.6) is 0 Å². The lowest BCUT2D eigenvalue weighted by Crippen LogP contribution is -2.17. The molecule has 0 spiro atoms. The summed E-state index contributed by atoms with van der Waals surface area (Å²) in [6.45, 7) is 9.49. The van der Waals surface area contributed by atoms with E-state index >= 15 is 0 Å². The van der Waals surface area contributed by atoms with E-state index in [9.17, 15) is 0 Å². The van der Waals surface area contributed by atoms with Crippen molar-refractivity contribution in [2.75, 3.05) is 4.90 Å². The molecule has 1 heteroatoms. The van der Waals surface area contributed by atoms with Gasteiger partial charge in [0.25, 0.3) is 0 Å². The minimum atomic E-state index is -0.216. The van der Waals surface area contributed by atoms with Crippen molar-refractivity contribution in [3.63, 3.8) is 0 Å². The Morgan fingerprint density at radius 3 is 1.13 bits per heavy atom.